The minimum Gasteiger partial charge on any atom is -0.224 e. The number of benzene rings is 1. The maximum Gasteiger partial charge on any atom is 0.175 e. The SMILES string of the molecule is CC(C)Sc1ccc(S(C)(=O)=O)cc1. The zero-order valence-corrected chi connectivity index (χ0v) is 10.2. The molecule has 0 fully saturated rings. The van der Waals surface area contributed by atoms with Gasteiger partial charge in [0.25, 0.3) is 0 Å². The van der Waals surface area contributed by atoms with Crippen LogP contribution < -0.4 is 0 Å². The summed E-state index contributed by atoms with van der Waals surface area (Å²) in [5.41, 5.74) is 0. The molecule has 4 heteroatoms. The van der Waals surface area contributed by atoms with Crippen LogP contribution in [0, 0.1) is 0 Å². The maximum absolute atomic E-state index is 11.2. The second-order valence-electron chi connectivity index (χ2n) is 3.41. The van der Waals surface area contributed by atoms with Gasteiger partial charge in [-0.25, -0.2) is 8.42 Å². The molecule has 0 unspecified atom stereocenters. The van der Waals surface area contributed by atoms with Crippen molar-refractivity contribution in [2.75, 3.05) is 6.26 Å². The third kappa shape index (κ3) is 3.35. The normalized spacial score (nSPS) is 12.0. The summed E-state index contributed by atoms with van der Waals surface area (Å²) in [7, 11) is -3.06. The van der Waals surface area contributed by atoms with E-state index >= 15 is 0 Å². The van der Waals surface area contributed by atoms with Crippen LogP contribution in [0.3, 0.4) is 0 Å². The van der Waals surface area contributed by atoms with Crippen LogP contribution in [0.2, 0.25) is 0 Å². The predicted octanol–water partition coefficient (Wildman–Crippen LogP) is 2.59. The Kier molecular flexibility index (Phi) is 3.61. The summed E-state index contributed by atoms with van der Waals surface area (Å²) in [6, 6.07) is 7.00. The lowest BCUT2D eigenvalue weighted by molar-refractivity contribution is 0.602. The molecular formula is C10H14O2S2. The van der Waals surface area contributed by atoms with Crippen LogP contribution in [0.4, 0.5) is 0 Å². The Bertz CT molecular complexity index is 391. The lowest BCUT2D eigenvalue weighted by Gasteiger charge is -2.05. The highest BCUT2D eigenvalue weighted by molar-refractivity contribution is 7.99. The van der Waals surface area contributed by atoms with Gasteiger partial charge in [0, 0.05) is 16.4 Å². The summed E-state index contributed by atoms with van der Waals surface area (Å²) in [5, 5.41) is 0.513. The highest BCUT2D eigenvalue weighted by Crippen LogP contribution is 2.23. The van der Waals surface area contributed by atoms with Gasteiger partial charge in [-0.2, -0.15) is 0 Å². The molecular weight excluding hydrogens is 216 g/mol. The van der Waals surface area contributed by atoms with E-state index in [0.717, 1.165) is 4.90 Å². The fourth-order valence-electron chi connectivity index (χ4n) is 1.04. The van der Waals surface area contributed by atoms with Crippen LogP contribution in [-0.4, -0.2) is 19.9 Å². The van der Waals surface area contributed by atoms with Crippen LogP contribution in [0.5, 0.6) is 0 Å². The fraction of sp³-hybridized carbons (Fsp3) is 0.400. The maximum atomic E-state index is 11.2. The first kappa shape index (κ1) is 11.6. The number of hydrogen-bond donors (Lipinski definition) is 0. The Balaban J connectivity index is 2.90. The molecule has 14 heavy (non-hydrogen) atoms. The molecule has 0 aliphatic carbocycles. The smallest absolute Gasteiger partial charge is 0.175 e. The Morgan fingerprint density at radius 3 is 2.00 bits per heavy atom. The monoisotopic (exact) mass is 230 g/mol. The lowest BCUT2D eigenvalue weighted by atomic mass is 10.4. The molecule has 1 rings (SSSR count). The largest absolute Gasteiger partial charge is 0.224 e. The first-order valence-electron chi connectivity index (χ1n) is 4.36. The van der Waals surface area contributed by atoms with E-state index in [0.29, 0.717) is 10.1 Å². The minimum absolute atomic E-state index is 0.380. The third-order valence-electron chi connectivity index (χ3n) is 1.62. The summed E-state index contributed by atoms with van der Waals surface area (Å²) in [4.78, 5) is 1.48. The van der Waals surface area contributed by atoms with E-state index < -0.39 is 9.84 Å². The van der Waals surface area contributed by atoms with Crippen molar-refractivity contribution in [3.63, 3.8) is 0 Å². The molecule has 0 N–H and O–H groups in total. The van der Waals surface area contributed by atoms with Gasteiger partial charge in [-0.05, 0) is 24.3 Å². The molecule has 0 atom stereocenters. The van der Waals surface area contributed by atoms with Crippen molar-refractivity contribution in [3.8, 4) is 0 Å². The van der Waals surface area contributed by atoms with Crippen molar-refractivity contribution in [3.05, 3.63) is 24.3 Å². The van der Waals surface area contributed by atoms with Crippen molar-refractivity contribution < 1.29 is 8.42 Å². The van der Waals surface area contributed by atoms with Gasteiger partial charge in [0.05, 0.1) is 4.90 Å². The predicted molar refractivity (Wildman–Crippen MR) is 60.5 cm³/mol. The Hall–Kier alpha value is -0.480. The van der Waals surface area contributed by atoms with Gasteiger partial charge in [-0.15, -0.1) is 11.8 Å². The van der Waals surface area contributed by atoms with E-state index in [1.54, 1.807) is 23.9 Å². The van der Waals surface area contributed by atoms with Crippen molar-refractivity contribution in [2.45, 2.75) is 28.9 Å². The van der Waals surface area contributed by atoms with Gasteiger partial charge in [0.1, 0.15) is 0 Å². The molecule has 0 aliphatic heterocycles. The highest BCUT2D eigenvalue weighted by atomic mass is 32.2. The molecule has 0 bridgehead atoms. The molecule has 78 valence electrons. The van der Waals surface area contributed by atoms with Gasteiger partial charge in [0.15, 0.2) is 9.84 Å². The topological polar surface area (TPSA) is 34.1 Å². The number of thioether (sulfide) groups is 1. The Morgan fingerprint density at radius 1 is 1.14 bits per heavy atom. The van der Waals surface area contributed by atoms with Crippen molar-refractivity contribution in [1.29, 1.82) is 0 Å². The van der Waals surface area contributed by atoms with E-state index in [2.05, 4.69) is 13.8 Å². The molecule has 1 aromatic carbocycles. The minimum atomic E-state index is -3.06. The summed E-state index contributed by atoms with van der Waals surface area (Å²) in [5.74, 6) is 0. The molecule has 0 amide bonds. The zero-order valence-electron chi connectivity index (χ0n) is 8.52. The van der Waals surface area contributed by atoms with E-state index in [4.69, 9.17) is 0 Å². The summed E-state index contributed by atoms with van der Waals surface area (Å²) < 4.78 is 22.3. The molecule has 0 heterocycles. The average Bonchev–Trinajstić information content (AvgIpc) is 2.02. The van der Waals surface area contributed by atoms with Gasteiger partial charge < -0.3 is 0 Å². The second kappa shape index (κ2) is 4.36. The van der Waals surface area contributed by atoms with Gasteiger partial charge in [-0.1, -0.05) is 13.8 Å². The quantitative estimate of drug-likeness (QED) is 0.748. The molecule has 0 radical (unpaired) electrons. The van der Waals surface area contributed by atoms with Crippen LogP contribution in [-0.2, 0) is 9.84 Å². The molecule has 0 saturated heterocycles. The molecule has 2 nitrogen and oxygen atoms in total. The fourth-order valence-corrected chi connectivity index (χ4v) is 2.51. The summed E-state index contributed by atoms with van der Waals surface area (Å²) in [6.45, 7) is 4.21. The third-order valence-corrected chi connectivity index (χ3v) is 3.77. The van der Waals surface area contributed by atoms with E-state index in [-0.39, 0.29) is 0 Å². The lowest BCUT2D eigenvalue weighted by Crippen LogP contribution is -1.96. The van der Waals surface area contributed by atoms with Crippen LogP contribution >= 0.6 is 11.8 Å². The summed E-state index contributed by atoms with van der Waals surface area (Å²) in [6.07, 6.45) is 1.22. The molecule has 0 aliphatic rings. The average molecular weight is 230 g/mol. The van der Waals surface area contributed by atoms with E-state index in [9.17, 15) is 8.42 Å². The van der Waals surface area contributed by atoms with Crippen molar-refractivity contribution in [2.24, 2.45) is 0 Å². The zero-order chi connectivity index (χ0) is 10.8. The van der Waals surface area contributed by atoms with Crippen LogP contribution in [0.15, 0.2) is 34.1 Å². The van der Waals surface area contributed by atoms with Gasteiger partial charge in [0.2, 0.25) is 0 Å². The number of hydrogen-bond acceptors (Lipinski definition) is 3. The summed E-state index contributed by atoms with van der Waals surface area (Å²) >= 11 is 1.72. The van der Waals surface area contributed by atoms with Gasteiger partial charge >= 0.3 is 0 Å². The highest BCUT2D eigenvalue weighted by Gasteiger charge is 2.06. The second-order valence-corrected chi connectivity index (χ2v) is 7.08. The molecule has 0 spiro atoms. The standard InChI is InChI=1S/C10H14O2S2/c1-8(2)13-9-4-6-10(7-5-9)14(3,11)12/h4-8H,1-3H3. The Morgan fingerprint density at radius 2 is 1.64 bits per heavy atom. The molecule has 1 aromatic rings. The van der Waals surface area contributed by atoms with Crippen LogP contribution in [0.25, 0.3) is 0 Å². The molecule has 0 aromatic heterocycles. The van der Waals surface area contributed by atoms with Crippen molar-refractivity contribution in [1.82, 2.24) is 0 Å². The van der Waals surface area contributed by atoms with Crippen molar-refractivity contribution >= 4 is 21.6 Å². The van der Waals surface area contributed by atoms with Gasteiger partial charge in [-0.3, -0.25) is 0 Å². The van der Waals surface area contributed by atoms with E-state index in [1.165, 1.54) is 6.26 Å². The first-order valence-corrected chi connectivity index (χ1v) is 7.13. The van der Waals surface area contributed by atoms with E-state index in [1.807, 2.05) is 12.1 Å². The number of rotatable bonds is 3. The first-order chi connectivity index (χ1) is 6.39. The molecule has 0 saturated carbocycles. The van der Waals surface area contributed by atoms with Crippen LogP contribution in [0.1, 0.15) is 13.8 Å². The number of sulfone groups is 1. The Labute approximate surface area is 89.6 Å².